The molecule has 0 saturated heterocycles. The van der Waals surface area contributed by atoms with Crippen LogP contribution in [0.25, 0.3) is 0 Å². The number of halogens is 1. The van der Waals surface area contributed by atoms with E-state index in [2.05, 4.69) is 0 Å². The Hall–Kier alpha value is -0.730. The van der Waals surface area contributed by atoms with Crippen LogP contribution >= 0.6 is 11.6 Å². The van der Waals surface area contributed by atoms with E-state index >= 15 is 0 Å². The lowest BCUT2D eigenvalue weighted by Gasteiger charge is -2.27. The maximum Gasteiger partial charge on any atom is 0.122 e. The summed E-state index contributed by atoms with van der Waals surface area (Å²) < 4.78 is 5.44. The van der Waals surface area contributed by atoms with Crippen molar-refractivity contribution in [1.82, 2.24) is 0 Å². The predicted octanol–water partition coefficient (Wildman–Crippen LogP) is 3.68. The largest absolute Gasteiger partial charge is 0.496 e. The van der Waals surface area contributed by atoms with E-state index in [0.29, 0.717) is 5.92 Å². The molecule has 1 fully saturated rings. The van der Waals surface area contributed by atoms with E-state index in [1.54, 1.807) is 7.11 Å². The first-order valence-electron chi connectivity index (χ1n) is 6.14. The number of methoxy groups -OCH3 is 1. The molecule has 1 aliphatic carbocycles. The van der Waals surface area contributed by atoms with Crippen LogP contribution in [0, 0.1) is 6.92 Å². The Morgan fingerprint density at radius 1 is 1.24 bits per heavy atom. The fourth-order valence-corrected chi connectivity index (χ4v) is 2.73. The molecule has 0 amide bonds. The summed E-state index contributed by atoms with van der Waals surface area (Å²) in [5.74, 6) is 1.39. The van der Waals surface area contributed by atoms with Crippen LogP contribution in [0.3, 0.4) is 0 Å². The molecule has 2 nitrogen and oxygen atoms in total. The second-order valence-electron chi connectivity index (χ2n) is 4.85. The summed E-state index contributed by atoms with van der Waals surface area (Å²) in [6, 6.07) is 4.03. The number of benzene rings is 1. The van der Waals surface area contributed by atoms with Gasteiger partial charge in [-0.25, -0.2) is 0 Å². The van der Waals surface area contributed by atoms with Gasteiger partial charge in [0.25, 0.3) is 0 Å². The van der Waals surface area contributed by atoms with Gasteiger partial charge >= 0.3 is 0 Å². The van der Waals surface area contributed by atoms with Crippen LogP contribution in [-0.4, -0.2) is 18.3 Å². The van der Waals surface area contributed by atoms with Gasteiger partial charge in [0.2, 0.25) is 0 Å². The highest BCUT2D eigenvalue weighted by Gasteiger charge is 2.23. The van der Waals surface area contributed by atoms with Crippen molar-refractivity contribution < 1.29 is 9.84 Å². The predicted molar refractivity (Wildman–Crippen MR) is 70.0 cm³/mol. The summed E-state index contributed by atoms with van der Waals surface area (Å²) in [6.07, 6.45) is 3.64. The van der Waals surface area contributed by atoms with Gasteiger partial charge in [0.05, 0.1) is 13.2 Å². The molecule has 0 radical (unpaired) electrons. The van der Waals surface area contributed by atoms with E-state index in [9.17, 15) is 5.11 Å². The number of ether oxygens (including phenoxy) is 1. The van der Waals surface area contributed by atoms with Crippen molar-refractivity contribution in [1.29, 1.82) is 0 Å². The maximum atomic E-state index is 9.54. The first-order chi connectivity index (χ1) is 8.11. The van der Waals surface area contributed by atoms with Crippen molar-refractivity contribution in [2.75, 3.05) is 7.11 Å². The summed E-state index contributed by atoms with van der Waals surface area (Å²) in [6.45, 7) is 1.99. The third-order valence-corrected chi connectivity index (χ3v) is 4.05. The SMILES string of the molecule is COc1cc(C)c(Cl)cc1C1CCC(O)CC1. The lowest BCUT2D eigenvalue weighted by Crippen LogP contribution is -2.17. The molecule has 0 atom stereocenters. The zero-order chi connectivity index (χ0) is 12.4. The first kappa shape index (κ1) is 12.7. The van der Waals surface area contributed by atoms with E-state index in [1.807, 2.05) is 19.1 Å². The molecule has 3 heteroatoms. The van der Waals surface area contributed by atoms with Crippen LogP contribution in [0.1, 0.15) is 42.7 Å². The molecule has 0 heterocycles. The van der Waals surface area contributed by atoms with Crippen LogP contribution in [0.15, 0.2) is 12.1 Å². The highest BCUT2D eigenvalue weighted by Crippen LogP contribution is 2.39. The molecule has 0 unspecified atom stereocenters. The Labute approximate surface area is 108 Å². The molecule has 1 N–H and O–H groups in total. The number of hydrogen-bond acceptors (Lipinski definition) is 2. The molecule has 0 aromatic heterocycles. The molecular formula is C14H19ClO2. The van der Waals surface area contributed by atoms with E-state index < -0.39 is 0 Å². The Bertz CT molecular complexity index is 395. The minimum absolute atomic E-state index is 0.127. The molecular weight excluding hydrogens is 236 g/mol. The van der Waals surface area contributed by atoms with Crippen LogP contribution in [0.5, 0.6) is 5.75 Å². The van der Waals surface area contributed by atoms with Gasteiger partial charge in [-0.15, -0.1) is 0 Å². The maximum absolute atomic E-state index is 9.54. The lowest BCUT2D eigenvalue weighted by atomic mass is 9.82. The zero-order valence-electron chi connectivity index (χ0n) is 10.4. The van der Waals surface area contributed by atoms with Gasteiger partial charge in [0, 0.05) is 5.02 Å². The molecule has 1 aliphatic rings. The van der Waals surface area contributed by atoms with Gasteiger partial charge in [0.15, 0.2) is 0 Å². The van der Waals surface area contributed by atoms with Crippen molar-refractivity contribution in [3.63, 3.8) is 0 Å². The first-order valence-corrected chi connectivity index (χ1v) is 6.51. The van der Waals surface area contributed by atoms with Gasteiger partial charge in [-0.05, 0) is 61.8 Å². The molecule has 1 aromatic carbocycles. The third-order valence-electron chi connectivity index (χ3n) is 3.65. The van der Waals surface area contributed by atoms with Gasteiger partial charge in [-0.3, -0.25) is 0 Å². The lowest BCUT2D eigenvalue weighted by molar-refractivity contribution is 0.122. The monoisotopic (exact) mass is 254 g/mol. The molecule has 0 bridgehead atoms. The molecule has 17 heavy (non-hydrogen) atoms. The van der Waals surface area contributed by atoms with Crippen LogP contribution < -0.4 is 4.74 Å². The molecule has 94 valence electrons. The van der Waals surface area contributed by atoms with Crippen molar-refractivity contribution in [2.45, 2.75) is 44.6 Å². The average Bonchev–Trinajstić information content (AvgIpc) is 2.33. The van der Waals surface area contributed by atoms with Crippen molar-refractivity contribution in [3.05, 3.63) is 28.3 Å². The topological polar surface area (TPSA) is 29.5 Å². The fraction of sp³-hybridized carbons (Fsp3) is 0.571. The summed E-state index contributed by atoms with van der Waals surface area (Å²) in [4.78, 5) is 0. The quantitative estimate of drug-likeness (QED) is 0.873. The molecule has 0 aliphatic heterocycles. The number of aryl methyl sites for hydroxylation is 1. The summed E-state index contributed by atoms with van der Waals surface area (Å²) in [5.41, 5.74) is 2.23. The highest BCUT2D eigenvalue weighted by molar-refractivity contribution is 6.31. The molecule has 1 aromatic rings. The standard InChI is InChI=1S/C14H19ClO2/c1-9-7-14(17-2)12(8-13(9)15)10-3-5-11(16)6-4-10/h7-8,10-11,16H,3-6H2,1-2H3. The number of rotatable bonds is 2. The van der Waals surface area contributed by atoms with Crippen LogP contribution in [0.4, 0.5) is 0 Å². The second-order valence-corrected chi connectivity index (χ2v) is 5.26. The Balaban J connectivity index is 2.27. The van der Waals surface area contributed by atoms with Gasteiger partial charge in [0.1, 0.15) is 5.75 Å². The van der Waals surface area contributed by atoms with Gasteiger partial charge in [-0.1, -0.05) is 11.6 Å². The molecule has 2 rings (SSSR count). The van der Waals surface area contributed by atoms with Crippen LogP contribution in [0.2, 0.25) is 5.02 Å². The minimum atomic E-state index is -0.127. The highest BCUT2D eigenvalue weighted by atomic mass is 35.5. The van der Waals surface area contributed by atoms with E-state index in [1.165, 1.54) is 5.56 Å². The Kier molecular flexibility index (Phi) is 3.95. The summed E-state index contributed by atoms with van der Waals surface area (Å²) >= 11 is 6.19. The van der Waals surface area contributed by atoms with Crippen molar-refractivity contribution in [3.8, 4) is 5.75 Å². The smallest absolute Gasteiger partial charge is 0.122 e. The number of aliphatic hydroxyl groups is 1. The van der Waals surface area contributed by atoms with E-state index in [-0.39, 0.29) is 6.10 Å². The average molecular weight is 255 g/mol. The Morgan fingerprint density at radius 2 is 1.88 bits per heavy atom. The molecule has 1 saturated carbocycles. The minimum Gasteiger partial charge on any atom is -0.496 e. The fourth-order valence-electron chi connectivity index (χ4n) is 2.55. The van der Waals surface area contributed by atoms with Crippen molar-refractivity contribution >= 4 is 11.6 Å². The summed E-state index contributed by atoms with van der Waals surface area (Å²) in [7, 11) is 1.70. The van der Waals surface area contributed by atoms with Gasteiger partial charge < -0.3 is 9.84 Å². The van der Waals surface area contributed by atoms with Crippen LogP contribution in [-0.2, 0) is 0 Å². The van der Waals surface area contributed by atoms with E-state index in [4.69, 9.17) is 16.3 Å². The zero-order valence-corrected chi connectivity index (χ0v) is 11.1. The van der Waals surface area contributed by atoms with Crippen molar-refractivity contribution in [2.24, 2.45) is 0 Å². The second kappa shape index (κ2) is 5.28. The normalized spacial score (nSPS) is 24.7. The summed E-state index contributed by atoms with van der Waals surface area (Å²) in [5, 5.41) is 10.3. The van der Waals surface area contributed by atoms with E-state index in [0.717, 1.165) is 42.0 Å². The third kappa shape index (κ3) is 2.75. The molecule has 0 spiro atoms. The number of aliphatic hydroxyl groups excluding tert-OH is 1. The van der Waals surface area contributed by atoms with Gasteiger partial charge in [-0.2, -0.15) is 0 Å². The number of hydrogen-bond donors (Lipinski definition) is 1. The Morgan fingerprint density at radius 3 is 2.47 bits per heavy atom.